The summed E-state index contributed by atoms with van der Waals surface area (Å²) in [5.74, 6) is 0. The Hall–Kier alpha value is -8.98. The van der Waals surface area contributed by atoms with Crippen LogP contribution in [0.2, 0.25) is 0 Å². The van der Waals surface area contributed by atoms with Crippen LogP contribution in [0.5, 0.6) is 0 Å². The van der Waals surface area contributed by atoms with Crippen LogP contribution in [0.15, 0.2) is 267 Å². The highest BCUT2D eigenvalue weighted by molar-refractivity contribution is 6.09. The average molecular weight is 877 g/mol. The van der Waals surface area contributed by atoms with Gasteiger partial charge in [0.2, 0.25) is 0 Å². The van der Waals surface area contributed by atoms with E-state index < -0.39 is 5.41 Å². The predicted molar refractivity (Wildman–Crippen MR) is 288 cm³/mol. The van der Waals surface area contributed by atoms with E-state index in [9.17, 15) is 0 Å². The Labute approximate surface area is 402 Å². The van der Waals surface area contributed by atoms with Crippen molar-refractivity contribution in [2.24, 2.45) is 0 Å². The van der Waals surface area contributed by atoms with E-state index in [0.29, 0.717) is 0 Å². The topological polar surface area (TPSA) is 8.17 Å². The number of hydrogen-bond donors (Lipinski definition) is 0. The summed E-state index contributed by atoms with van der Waals surface area (Å²) in [6, 6.07) is 98.6. The lowest BCUT2D eigenvalue weighted by Gasteiger charge is -2.32. The number of fused-ring (bicyclic) bond motifs is 13. The fourth-order valence-corrected chi connectivity index (χ4v) is 12.0. The number of benzene rings is 11. The van der Waals surface area contributed by atoms with Gasteiger partial charge in [-0.05, 0) is 127 Å². The summed E-state index contributed by atoms with van der Waals surface area (Å²) in [6.45, 7) is 0. The van der Waals surface area contributed by atoms with E-state index in [1.54, 1.807) is 0 Å². The highest BCUT2D eigenvalue weighted by atomic mass is 15.1. The first kappa shape index (κ1) is 39.2. The van der Waals surface area contributed by atoms with E-state index in [1.165, 1.54) is 99.7 Å². The van der Waals surface area contributed by atoms with Crippen molar-refractivity contribution in [1.29, 1.82) is 0 Å². The number of nitrogens with zero attached hydrogens (tertiary/aromatic N) is 2. The molecule has 2 heteroatoms. The monoisotopic (exact) mass is 876 g/mol. The quantitative estimate of drug-likeness (QED) is 0.155. The first-order valence-corrected chi connectivity index (χ1v) is 23.9. The summed E-state index contributed by atoms with van der Waals surface area (Å²) in [7, 11) is 0. The Morgan fingerprint density at radius 2 is 0.725 bits per heavy atom. The molecule has 2 aliphatic carbocycles. The van der Waals surface area contributed by atoms with Crippen LogP contribution in [-0.4, -0.2) is 4.57 Å². The fraction of sp³-hybridized carbons (Fsp3) is 0.0149. The Bertz CT molecular complexity index is 3860. The van der Waals surface area contributed by atoms with E-state index in [2.05, 4.69) is 276 Å². The third kappa shape index (κ3) is 5.79. The molecule has 0 bridgehead atoms. The van der Waals surface area contributed by atoms with Crippen LogP contribution in [0.4, 0.5) is 17.1 Å². The SMILES string of the molecule is c1ccc(-c2ccccc2-c2c(-c3ccccc3)cccc2N(c2ccc(-n3c4ccccc4c4ccccc43)cc2)c2ccc3c(c2)-c2ccccc2C32c3ccccc3-c3ccccc32)cc1. The third-order valence-electron chi connectivity index (χ3n) is 14.8. The van der Waals surface area contributed by atoms with Crippen LogP contribution in [0.1, 0.15) is 22.3 Å². The van der Waals surface area contributed by atoms with E-state index >= 15 is 0 Å². The summed E-state index contributed by atoms with van der Waals surface area (Å²) in [5, 5.41) is 2.50. The maximum absolute atomic E-state index is 2.50. The second-order valence-electron chi connectivity index (χ2n) is 18.3. The molecule has 0 aliphatic heterocycles. The molecule has 0 amide bonds. The minimum Gasteiger partial charge on any atom is -0.310 e. The highest BCUT2D eigenvalue weighted by Gasteiger charge is 2.51. The van der Waals surface area contributed by atoms with Gasteiger partial charge in [-0.25, -0.2) is 0 Å². The van der Waals surface area contributed by atoms with E-state index in [1.807, 2.05) is 0 Å². The minimum absolute atomic E-state index is 0.431. The van der Waals surface area contributed by atoms with Crippen molar-refractivity contribution in [3.05, 3.63) is 289 Å². The largest absolute Gasteiger partial charge is 0.310 e. The molecule has 0 unspecified atom stereocenters. The molecule has 14 rings (SSSR count). The zero-order valence-corrected chi connectivity index (χ0v) is 37.8. The molecule has 2 aliphatic rings. The highest BCUT2D eigenvalue weighted by Crippen LogP contribution is 2.63. The van der Waals surface area contributed by atoms with Crippen molar-refractivity contribution in [2.75, 3.05) is 4.90 Å². The van der Waals surface area contributed by atoms with Crippen LogP contribution in [0.3, 0.4) is 0 Å². The molecule has 12 aromatic rings. The number of rotatable bonds is 7. The molecule has 0 radical (unpaired) electrons. The van der Waals surface area contributed by atoms with Gasteiger partial charge >= 0.3 is 0 Å². The Kier molecular flexibility index (Phi) is 8.84. The summed E-state index contributed by atoms with van der Waals surface area (Å²) in [4.78, 5) is 2.50. The molecule has 1 heterocycles. The van der Waals surface area contributed by atoms with E-state index in [4.69, 9.17) is 0 Å². The molecule has 0 atom stereocenters. The first-order chi connectivity index (χ1) is 34.3. The Morgan fingerprint density at radius 1 is 0.290 bits per heavy atom. The maximum atomic E-state index is 2.50. The summed E-state index contributed by atoms with van der Waals surface area (Å²) < 4.78 is 2.40. The predicted octanol–water partition coefficient (Wildman–Crippen LogP) is 17.6. The summed E-state index contributed by atoms with van der Waals surface area (Å²) in [5.41, 5.74) is 23.9. The molecular weight excluding hydrogens is 833 g/mol. The van der Waals surface area contributed by atoms with E-state index in [-0.39, 0.29) is 0 Å². The van der Waals surface area contributed by atoms with Gasteiger partial charge in [-0.1, -0.05) is 212 Å². The normalized spacial score (nSPS) is 12.8. The fourth-order valence-electron chi connectivity index (χ4n) is 12.0. The summed E-state index contributed by atoms with van der Waals surface area (Å²) in [6.07, 6.45) is 0. The molecule has 69 heavy (non-hydrogen) atoms. The van der Waals surface area contributed by atoms with Crippen molar-refractivity contribution in [3.63, 3.8) is 0 Å². The van der Waals surface area contributed by atoms with Crippen molar-refractivity contribution in [2.45, 2.75) is 5.41 Å². The van der Waals surface area contributed by atoms with Gasteiger partial charge in [-0.2, -0.15) is 0 Å². The first-order valence-electron chi connectivity index (χ1n) is 23.9. The standard InChI is InChI=1S/C67H44N2/c1-3-20-45(21-4-1)50-24-7-8-30-57(50)66-51(46-22-5-2-6-23-46)31-19-37-65(66)68(47-38-40-48(41-39-47)69-63-35-17-12-28-55(63)56-29-13-18-36-64(56)69)49-42-43-62-58(44-49)54-27-11-16-34-61(54)67(62)59-32-14-9-25-52(59)53-26-10-15-33-60(53)67/h1-44H. The molecule has 11 aromatic carbocycles. The van der Waals surface area contributed by atoms with E-state index in [0.717, 1.165) is 22.7 Å². The van der Waals surface area contributed by atoms with Crippen LogP contribution in [-0.2, 0) is 5.41 Å². The van der Waals surface area contributed by atoms with Gasteiger partial charge in [0.25, 0.3) is 0 Å². The lowest BCUT2D eigenvalue weighted by atomic mass is 9.70. The van der Waals surface area contributed by atoms with Crippen molar-refractivity contribution in [3.8, 4) is 61.3 Å². The molecule has 322 valence electrons. The van der Waals surface area contributed by atoms with Gasteiger partial charge in [-0.15, -0.1) is 0 Å². The van der Waals surface area contributed by atoms with Gasteiger partial charge in [0.1, 0.15) is 0 Å². The molecule has 0 N–H and O–H groups in total. The molecule has 1 aromatic heterocycles. The van der Waals surface area contributed by atoms with Crippen molar-refractivity contribution < 1.29 is 0 Å². The second-order valence-corrected chi connectivity index (χ2v) is 18.3. The van der Waals surface area contributed by atoms with Gasteiger partial charge < -0.3 is 9.47 Å². The zero-order chi connectivity index (χ0) is 45.5. The molecular formula is C67H44N2. The van der Waals surface area contributed by atoms with Gasteiger partial charge in [0, 0.05) is 33.4 Å². The number of anilines is 3. The van der Waals surface area contributed by atoms with Gasteiger partial charge in [-0.3, -0.25) is 0 Å². The second kappa shape index (κ2) is 15.6. The smallest absolute Gasteiger partial charge is 0.0725 e. The van der Waals surface area contributed by atoms with Crippen LogP contribution >= 0.6 is 0 Å². The van der Waals surface area contributed by atoms with Crippen LogP contribution < -0.4 is 4.90 Å². The lowest BCUT2D eigenvalue weighted by molar-refractivity contribution is 0.794. The van der Waals surface area contributed by atoms with Crippen molar-refractivity contribution >= 4 is 38.9 Å². The third-order valence-corrected chi connectivity index (χ3v) is 14.8. The van der Waals surface area contributed by atoms with Crippen LogP contribution in [0, 0.1) is 0 Å². The van der Waals surface area contributed by atoms with Gasteiger partial charge in [0.15, 0.2) is 0 Å². The maximum Gasteiger partial charge on any atom is 0.0725 e. The lowest BCUT2D eigenvalue weighted by Crippen LogP contribution is -2.25. The van der Waals surface area contributed by atoms with Gasteiger partial charge in [0.05, 0.1) is 22.1 Å². The van der Waals surface area contributed by atoms with Crippen LogP contribution in [0.25, 0.3) is 83.1 Å². The number of aromatic nitrogens is 1. The summed E-state index contributed by atoms with van der Waals surface area (Å²) >= 11 is 0. The number of para-hydroxylation sites is 2. The van der Waals surface area contributed by atoms with Crippen molar-refractivity contribution in [1.82, 2.24) is 4.57 Å². The zero-order valence-electron chi connectivity index (χ0n) is 37.8. The Balaban J connectivity index is 1.04. The number of hydrogen-bond acceptors (Lipinski definition) is 1. The molecule has 0 saturated carbocycles. The minimum atomic E-state index is -0.431. The molecule has 2 nitrogen and oxygen atoms in total. The average Bonchev–Trinajstić information content (AvgIpc) is 4.04. The molecule has 1 spiro atoms. The molecule has 0 saturated heterocycles. The Morgan fingerprint density at radius 3 is 1.32 bits per heavy atom. The molecule has 0 fully saturated rings.